The molecule has 0 aliphatic carbocycles. The molecule has 0 aliphatic rings. The van der Waals surface area contributed by atoms with Crippen LogP contribution in [0.1, 0.15) is 67.5 Å². The third kappa shape index (κ3) is 5.35. The average Bonchev–Trinajstić information content (AvgIpc) is 2.57. The first-order valence-corrected chi connectivity index (χ1v) is 7.17. The van der Waals surface area contributed by atoms with E-state index in [-0.39, 0.29) is 11.1 Å². The zero-order valence-electron chi connectivity index (χ0n) is 14.0. The van der Waals surface area contributed by atoms with Crippen LogP contribution in [0.15, 0.2) is 12.5 Å². The molecule has 0 aliphatic heterocycles. The van der Waals surface area contributed by atoms with Gasteiger partial charge in [-0.2, -0.15) is 0 Å². The van der Waals surface area contributed by atoms with Crippen molar-refractivity contribution in [1.82, 2.24) is 14.9 Å². The van der Waals surface area contributed by atoms with Crippen molar-refractivity contribution < 1.29 is 0 Å². The van der Waals surface area contributed by atoms with Gasteiger partial charge in [0.05, 0.1) is 12.0 Å². The Hall–Kier alpha value is -0.830. The monoisotopic (exact) mass is 265 g/mol. The molecule has 0 atom stereocenters. The minimum absolute atomic E-state index is 0.0870. The zero-order valence-corrected chi connectivity index (χ0v) is 14.0. The molecule has 0 bridgehead atoms. The smallest absolute Gasteiger partial charge is 0.0953 e. The molecule has 1 N–H and O–H groups in total. The summed E-state index contributed by atoms with van der Waals surface area (Å²) in [6.45, 7) is 18.9. The lowest BCUT2D eigenvalue weighted by Gasteiger charge is -2.35. The van der Waals surface area contributed by atoms with Crippen LogP contribution in [0, 0.1) is 5.41 Å². The molecule has 0 aromatic carbocycles. The fraction of sp³-hybridized carbons (Fsp3) is 0.812. The number of aromatic nitrogens is 2. The van der Waals surface area contributed by atoms with Crippen LogP contribution in [0.5, 0.6) is 0 Å². The van der Waals surface area contributed by atoms with Gasteiger partial charge in [0.15, 0.2) is 0 Å². The summed E-state index contributed by atoms with van der Waals surface area (Å²) in [5, 5.41) is 3.54. The summed E-state index contributed by atoms with van der Waals surface area (Å²) in [6, 6.07) is 0. The second-order valence-electron chi connectivity index (χ2n) is 8.41. The average molecular weight is 265 g/mol. The van der Waals surface area contributed by atoms with Gasteiger partial charge in [-0.05, 0) is 46.5 Å². The SMILES string of the molecule is CC(C)(C)CC(C)(C)n1cncc1CNC(C)(C)C. The molecule has 1 rings (SSSR count). The Kier molecular flexibility index (Phi) is 4.51. The van der Waals surface area contributed by atoms with Crippen LogP contribution in [-0.4, -0.2) is 15.1 Å². The van der Waals surface area contributed by atoms with Crippen LogP contribution < -0.4 is 5.32 Å². The quantitative estimate of drug-likeness (QED) is 0.893. The number of imidazole rings is 1. The molecule has 0 unspecified atom stereocenters. The van der Waals surface area contributed by atoms with Gasteiger partial charge in [-0.15, -0.1) is 0 Å². The van der Waals surface area contributed by atoms with Crippen LogP contribution in [-0.2, 0) is 12.1 Å². The summed E-state index contributed by atoms with van der Waals surface area (Å²) in [7, 11) is 0. The highest BCUT2D eigenvalue weighted by Crippen LogP contribution is 2.32. The van der Waals surface area contributed by atoms with E-state index >= 15 is 0 Å². The molecule has 0 amide bonds. The second kappa shape index (κ2) is 5.28. The lowest BCUT2D eigenvalue weighted by Crippen LogP contribution is -2.38. The standard InChI is InChI=1S/C16H31N3/c1-14(2,3)11-16(7,8)19-12-17-9-13(19)10-18-15(4,5)6/h9,12,18H,10-11H2,1-8H3. The van der Waals surface area contributed by atoms with Crippen molar-refractivity contribution in [3.05, 3.63) is 18.2 Å². The molecule has 0 fully saturated rings. The van der Waals surface area contributed by atoms with Crippen molar-refractivity contribution in [3.8, 4) is 0 Å². The van der Waals surface area contributed by atoms with Crippen LogP contribution in [0.2, 0.25) is 0 Å². The van der Waals surface area contributed by atoms with E-state index in [0.29, 0.717) is 5.41 Å². The van der Waals surface area contributed by atoms with Crippen molar-refractivity contribution >= 4 is 0 Å². The van der Waals surface area contributed by atoms with Gasteiger partial charge in [-0.3, -0.25) is 0 Å². The third-order valence-electron chi connectivity index (χ3n) is 3.13. The fourth-order valence-corrected chi connectivity index (χ4v) is 2.74. The minimum Gasteiger partial charge on any atom is -0.328 e. The Morgan fingerprint density at radius 1 is 1.05 bits per heavy atom. The van der Waals surface area contributed by atoms with E-state index in [2.05, 4.69) is 70.3 Å². The normalized spacial score (nSPS) is 13.9. The van der Waals surface area contributed by atoms with Gasteiger partial charge < -0.3 is 9.88 Å². The maximum atomic E-state index is 4.34. The molecule has 3 nitrogen and oxygen atoms in total. The number of nitrogens with one attached hydrogen (secondary N) is 1. The van der Waals surface area contributed by atoms with Gasteiger partial charge in [0.2, 0.25) is 0 Å². The van der Waals surface area contributed by atoms with Gasteiger partial charge >= 0.3 is 0 Å². The van der Waals surface area contributed by atoms with Crippen molar-refractivity contribution in [2.45, 2.75) is 79.4 Å². The Labute approximate surface area is 118 Å². The van der Waals surface area contributed by atoms with E-state index in [0.717, 1.165) is 13.0 Å². The lowest BCUT2D eigenvalue weighted by atomic mass is 9.81. The maximum Gasteiger partial charge on any atom is 0.0953 e. The van der Waals surface area contributed by atoms with Crippen LogP contribution in [0.25, 0.3) is 0 Å². The summed E-state index contributed by atoms with van der Waals surface area (Å²) in [4.78, 5) is 4.34. The van der Waals surface area contributed by atoms with Gasteiger partial charge in [0.1, 0.15) is 0 Å². The number of hydrogen-bond donors (Lipinski definition) is 1. The highest BCUT2D eigenvalue weighted by molar-refractivity contribution is 5.04. The highest BCUT2D eigenvalue weighted by atomic mass is 15.1. The fourth-order valence-electron chi connectivity index (χ4n) is 2.74. The van der Waals surface area contributed by atoms with Gasteiger partial charge in [-0.1, -0.05) is 20.8 Å². The van der Waals surface area contributed by atoms with Crippen molar-refractivity contribution in [1.29, 1.82) is 0 Å². The first-order valence-electron chi connectivity index (χ1n) is 7.17. The third-order valence-corrected chi connectivity index (χ3v) is 3.13. The van der Waals surface area contributed by atoms with E-state index in [1.165, 1.54) is 5.69 Å². The van der Waals surface area contributed by atoms with E-state index in [1.54, 1.807) is 0 Å². The van der Waals surface area contributed by atoms with Crippen LogP contribution in [0.4, 0.5) is 0 Å². The lowest BCUT2D eigenvalue weighted by molar-refractivity contribution is 0.209. The number of rotatable bonds is 4. The minimum atomic E-state index is 0.0870. The molecule has 0 saturated carbocycles. The highest BCUT2D eigenvalue weighted by Gasteiger charge is 2.28. The molecular weight excluding hydrogens is 234 g/mol. The molecule has 3 heteroatoms. The predicted octanol–water partition coefficient (Wildman–Crippen LogP) is 3.94. The van der Waals surface area contributed by atoms with E-state index in [9.17, 15) is 0 Å². The maximum absolute atomic E-state index is 4.34. The molecule has 19 heavy (non-hydrogen) atoms. The summed E-state index contributed by atoms with van der Waals surface area (Å²) in [5.41, 5.74) is 1.78. The summed E-state index contributed by atoms with van der Waals surface area (Å²) in [6.07, 6.45) is 5.06. The molecule has 1 heterocycles. The Bertz CT molecular complexity index is 402. The Morgan fingerprint density at radius 3 is 2.11 bits per heavy atom. The molecular formula is C16H31N3. The van der Waals surface area contributed by atoms with Gasteiger partial charge in [0.25, 0.3) is 0 Å². The summed E-state index contributed by atoms with van der Waals surface area (Å²) >= 11 is 0. The van der Waals surface area contributed by atoms with E-state index < -0.39 is 0 Å². The summed E-state index contributed by atoms with van der Waals surface area (Å²) < 4.78 is 2.32. The predicted molar refractivity (Wildman–Crippen MR) is 82.2 cm³/mol. The number of hydrogen-bond acceptors (Lipinski definition) is 2. The first kappa shape index (κ1) is 16.2. The van der Waals surface area contributed by atoms with Gasteiger partial charge in [0, 0.05) is 23.8 Å². The van der Waals surface area contributed by atoms with Crippen LogP contribution in [0.3, 0.4) is 0 Å². The molecule has 0 saturated heterocycles. The van der Waals surface area contributed by atoms with E-state index in [4.69, 9.17) is 0 Å². The largest absolute Gasteiger partial charge is 0.328 e. The van der Waals surface area contributed by atoms with Crippen molar-refractivity contribution in [3.63, 3.8) is 0 Å². The topological polar surface area (TPSA) is 29.9 Å². The molecule has 110 valence electrons. The summed E-state index contributed by atoms with van der Waals surface area (Å²) in [5.74, 6) is 0. The van der Waals surface area contributed by atoms with Crippen LogP contribution >= 0.6 is 0 Å². The van der Waals surface area contributed by atoms with Crippen molar-refractivity contribution in [2.24, 2.45) is 5.41 Å². The molecule has 1 aromatic rings. The molecule has 0 radical (unpaired) electrons. The Balaban J connectivity index is 2.87. The van der Waals surface area contributed by atoms with E-state index in [1.807, 2.05) is 12.5 Å². The molecule has 0 spiro atoms. The second-order valence-corrected chi connectivity index (χ2v) is 8.41. The zero-order chi connectivity index (χ0) is 14.9. The molecule has 1 aromatic heterocycles. The first-order chi connectivity index (χ1) is 8.41. The Morgan fingerprint density at radius 2 is 1.63 bits per heavy atom. The number of nitrogens with zero attached hydrogens (tertiary/aromatic N) is 2. The van der Waals surface area contributed by atoms with Gasteiger partial charge in [-0.25, -0.2) is 4.98 Å². The van der Waals surface area contributed by atoms with Crippen molar-refractivity contribution in [2.75, 3.05) is 0 Å².